The minimum Gasteiger partial charge on any atom is -0.489 e. The molecule has 1 aliphatic rings. The highest BCUT2D eigenvalue weighted by atomic mass is 16.5. The summed E-state index contributed by atoms with van der Waals surface area (Å²) in [5.74, 6) is 0.860. The summed E-state index contributed by atoms with van der Waals surface area (Å²) in [7, 11) is 0. The van der Waals surface area contributed by atoms with Gasteiger partial charge in [-0.2, -0.15) is 0 Å². The van der Waals surface area contributed by atoms with Crippen LogP contribution in [0, 0.1) is 0 Å². The van der Waals surface area contributed by atoms with E-state index in [-0.39, 0.29) is 0 Å². The second-order valence-electron chi connectivity index (χ2n) is 5.96. The first-order chi connectivity index (χ1) is 11.7. The van der Waals surface area contributed by atoms with E-state index < -0.39 is 6.09 Å². The van der Waals surface area contributed by atoms with Crippen molar-refractivity contribution in [3.63, 3.8) is 0 Å². The number of carboxylic acid groups (broad SMARTS) is 1. The van der Waals surface area contributed by atoms with E-state index in [0.29, 0.717) is 19.7 Å². The highest BCUT2D eigenvalue weighted by Gasteiger charge is 2.20. The number of amides is 1. The van der Waals surface area contributed by atoms with Gasteiger partial charge in [0.2, 0.25) is 0 Å². The van der Waals surface area contributed by atoms with Crippen molar-refractivity contribution < 1.29 is 14.6 Å². The zero-order chi connectivity index (χ0) is 16.8. The first-order valence-electron chi connectivity index (χ1n) is 8.16. The fraction of sp³-hybridized carbons (Fsp3) is 0.316. The van der Waals surface area contributed by atoms with E-state index in [1.54, 1.807) is 0 Å². The molecule has 0 atom stereocenters. The predicted molar refractivity (Wildman–Crippen MR) is 92.1 cm³/mol. The van der Waals surface area contributed by atoms with E-state index in [0.717, 1.165) is 30.9 Å². The van der Waals surface area contributed by atoms with Crippen molar-refractivity contribution >= 4 is 6.09 Å². The van der Waals surface area contributed by atoms with Crippen LogP contribution in [-0.4, -0.2) is 47.2 Å². The van der Waals surface area contributed by atoms with Gasteiger partial charge in [-0.15, -0.1) is 0 Å². The van der Waals surface area contributed by atoms with Crippen molar-refractivity contribution in [3.8, 4) is 5.75 Å². The van der Waals surface area contributed by atoms with Crippen LogP contribution in [0.5, 0.6) is 5.75 Å². The number of hydrogen-bond donors (Lipinski definition) is 1. The Kier molecular flexibility index (Phi) is 5.33. The Bertz CT molecular complexity index is 650. The standard InChI is InChI=1S/C19H22N2O3/c22-19(23)21-12-10-20(11-13-21)14-16-6-8-18(9-7-16)24-15-17-4-2-1-3-5-17/h1-9H,10-15H2,(H,22,23). The van der Waals surface area contributed by atoms with Crippen molar-refractivity contribution in [2.24, 2.45) is 0 Å². The number of piperazine rings is 1. The van der Waals surface area contributed by atoms with Crippen molar-refractivity contribution in [3.05, 3.63) is 65.7 Å². The van der Waals surface area contributed by atoms with Gasteiger partial charge >= 0.3 is 6.09 Å². The molecule has 0 aromatic heterocycles. The smallest absolute Gasteiger partial charge is 0.407 e. The van der Waals surface area contributed by atoms with E-state index >= 15 is 0 Å². The molecule has 2 aromatic rings. The lowest BCUT2D eigenvalue weighted by Gasteiger charge is -2.33. The van der Waals surface area contributed by atoms with Gasteiger partial charge in [0.15, 0.2) is 0 Å². The summed E-state index contributed by atoms with van der Waals surface area (Å²) in [6.07, 6.45) is -0.824. The Morgan fingerprint density at radius 3 is 2.21 bits per heavy atom. The van der Waals surface area contributed by atoms with Crippen LogP contribution in [0.15, 0.2) is 54.6 Å². The van der Waals surface area contributed by atoms with E-state index in [9.17, 15) is 4.79 Å². The Morgan fingerprint density at radius 2 is 1.58 bits per heavy atom. The molecular weight excluding hydrogens is 304 g/mol. The summed E-state index contributed by atoms with van der Waals surface area (Å²) >= 11 is 0. The number of carbonyl (C=O) groups is 1. The lowest BCUT2D eigenvalue weighted by molar-refractivity contribution is 0.103. The molecule has 1 N–H and O–H groups in total. The molecule has 1 aliphatic heterocycles. The van der Waals surface area contributed by atoms with Crippen LogP contribution in [0.3, 0.4) is 0 Å². The molecule has 126 valence electrons. The van der Waals surface area contributed by atoms with E-state index in [4.69, 9.17) is 9.84 Å². The maximum absolute atomic E-state index is 10.9. The third-order valence-electron chi connectivity index (χ3n) is 4.22. The van der Waals surface area contributed by atoms with Crippen LogP contribution < -0.4 is 4.74 Å². The number of ether oxygens (including phenoxy) is 1. The molecule has 2 aromatic carbocycles. The second kappa shape index (κ2) is 7.84. The molecule has 0 unspecified atom stereocenters. The van der Waals surface area contributed by atoms with Crippen LogP contribution >= 0.6 is 0 Å². The Morgan fingerprint density at radius 1 is 0.917 bits per heavy atom. The fourth-order valence-corrected chi connectivity index (χ4v) is 2.79. The van der Waals surface area contributed by atoms with Crippen LogP contribution in [0.25, 0.3) is 0 Å². The van der Waals surface area contributed by atoms with E-state index in [2.05, 4.69) is 17.0 Å². The molecule has 1 saturated heterocycles. The molecule has 0 bridgehead atoms. The molecule has 1 heterocycles. The van der Waals surface area contributed by atoms with Gasteiger partial charge in [0, 0.05) is 32.7 Å². The molecule has 3 rings (SSSR count). The second-order valence-corrected chi connectivity index (χ2v) is 5.96. The Labute approximate surface area is 142 Å². The predicted octanol–water partition coefficient (Wildman–Crippen LogP) is 3.06. The van der Waals surface area contributed by atoms with Gasteiger partial charge in [-0.1, -0.05) is 42.5 Å². The first kappa shape index (κ1) is 16.3. The SMILES string of the molecule is O=C(O)N1CCN(Cc2ccc(OCc3ccccc3)cc2)CC1. The minimum absolute atomic E-state index is 0.567. The molecule has 0 spiro atoms. The third kappa shape index (κ3) is 4.49. The molecule has 1 fully saturated rings. The highest BCUT2D eigenvalue weighted by Crippen LogP contribution is 2.16. The normalized spacial score (nSPS) is 15.2. The summed E-state index contributed by atoms with van der Waals surface area (Å²) in [5, 5.41) is 8.97. The molecule has 0 saturated carbocycles. The Balaban J connectivity index is 1.47. The van der Waals surface area contributed by atoms with Gasteiger partial charge < -0.3 is 14.7 Å². The summed E-state index contributed by atoms with van der Waals surface area (Å²) in [4.78, 5) is 14.7. The zero-order valence-corrected chi connectivity index (χ0v) is 13.6. The number of nitrogens with zero attached hydrogens (tertiary/aromatic N) is 2. The van der Waals surface area contributed by atoms with Gasteiger partial charge in [0.25, 0.3) is 0 Å². The van der Waals surface area contributed by atoms with Crippen LogP contribution in [0.1, 0.15) is 11.1 Å². The monoisotopic (exact) mass is 326 g/mol. The van der Waals surface area contributed by atoms with Crippen molar-refractivity contribution in [1.82, 2.24) is 9.80 Å². The first-order valence-corrected chi connectivity index (χ1v) is 8.16. The quantitative estimate of drug-likeness (QED) is 0.917. The van der Waals surface area contributed by atoms with E-state index in [1.165, 1.54) is 10.5 Å². The number of benzene rings is 2. The van der Waals surface area contributed by atoms with Crippen molar-refractivity contribution in [2.45, 2.75) is 13.2 Å². The van der Waals surface area contributed by atoms with Crippen molar-refractivity contribution in [1.29, 1.82) is 0 Å². The maximum atomic E-state index is 10.9. The lowest BCUT2D eigenvalue weighted by Crippen LogP contribution is -2.47. The number of hydrogen-bond acceptors (Lipinski definition) is 3. The van der Waals surface area contributed by atoms with Gasteiger partial charge in [-0.05, 0) is 23.3 Å². The van der Waals surface area contributed by atoms with Crippen LogP contribution in [0.2, 0.25) is 0 Å². The average Bonchev–Trinajstić information content (AvgIpc) is 2.62. The maximum Gasteiger partial charge on any atom is 0.407 e. The van der Waals surface area contributed by atoms with Gasteiger partial charge in [-0.25, -0.2) is 4.79 Å². The van der Waals surface area contributed by atoms with Crippen LogP contribution in [-0.2, 0) is 13.2 Å². The molecule has 0 radical (unpaired) electrons. The lowest BCUT2D eigenvalue weighted by atomic mass is 10.2. The molecule has 5 heteroatoms. The van der Waals surface area contributed by atoms with Gasteiger partial charge in [-0.3, -0.25) is 4.90 Å². The molecule has 0 aliphatic carbocycles. The molecule has 24 heavy (non-hydrogen) atoms. The molecule has 5 nitrogen and oxygen atoms in total. The summed E-state index contributed by atoms with van der Waals surface area (Å²) in [6, 6.07) is 18.2. The third-order valence-corrected chi connectivity index (χ3v) is 4.22. The number of rotatable bonds is 5. The summed E-state index contributed by atoms with van der Waals surface area (Å²) in [6.45, 7) is 4.11. The van der Waals surface area contributed by atoms with Crippen molar-refractivity contribution in [2.75, 3.05) is 26.2 Å². The zero-order valence-electron chi connectivity index (χ0n) is 13.6. The van der Waals surface area contributed by atoms with E-state index in [1.807, 2.05) is 42.5 Å². The topological polar surface area (TPSA) is 53.0 Å². The van der Waals surface area contributed by atoms with Gasteiger partial charge in [0.05, 0.1) is 0 Å². The molecule has 1 amide bonds. The largest absolute Gasteiger partial charge is 0.489 e. The highest BCUT2D eigenvalue weighted by molar-refractivity contribution is 5.65. The fourth-order valence-electron chi connectivity index (χ4n) is 2.79. The molecular formula is C19H22N2O3. The summed E-state index contributed by atoms with van der Waals surface area (Å²) in [5.41, 5.74) is 2.36. The van der Waals surface area contributed by atoms with Crippen LogP contribution in [0.4, 0.5) is 4.79 Å². The average molecular weight is 326 g/mol. The Hall–Kier alpha value is -2.53. The summed E-state index contributed by atoms with van der Waals surface area (Å²) < 4.78 is 5.79. The van der Waals surface area contributed by atoms with Gasteiger partial charge in [0.1, 0.15) is 12.4 Å². The minimum atomic E-state index is -0.824.